The molecule has 5 heteroatoms. The average molecular weight is 256 g/mol. The first-order valence-corrected chi connectivity index (χ1v) is 6.00. The first-order chi connectivity index (χ1) is 8.56. The highest BCUT2D eigenvalue weighted by molar-refractivity contribution is 5.76. The Morgan fingerprint density at radius 3 is 2.50 bits per heavy atom. The molecule has 2 N–H and O–H groups in total. The molecule has 0 aliphatic rings. The number of hydrogen-bond acceptors (Lipinski definition) is 2. The van der Waals surface area contributed by atoms with Crippen molar-refractivity contribution in [2.45, 2.75) is 26.3 Å². The van der Waals surface area contributed by atoms with Gasteiger partial charge in [-0.3, -0.25) is 4.79 Å². The number of nitrogens with one attached hydrogen (secondary N) is 2. The largest absolute Gasteiger partial charge is 0.349 e. The molecule has 100 valence electrons. The Bertz CT molecular complexity index is 390. The molecule has 0 spiro atoms. The standard InChI is InChI=1S/C13H18F2N2O/c1-3-16-8-7-12(18)17-9(2)13-10(14)5-4-6-11(13)15/h4-6,9,16H,3,7-8H2,1-2H3,(H,17,18). The Hall–Kier alpha value is -1.49. The quantitative estimate of drug-likeness (QED) is 0.766. The summed E-state index contributed by atoms with van der Waals surface area (Å²) in [5.41, 5.74) is -0.102. The molecule has 0 aliphatic heterocycles. The first kappa shape index (κ1) is 14.6. The topological polar surface area (TPSA) is 41.1 Å². The Balaban J connectivity index is 2.59. The molecule has 18 heavy (non-hydrogen) atoms. The van der Waals surface area contributed by atoms with Crippen LogP contribution in [0.3, 0.4) is 0 Å². The van der Waals surface area contributed by atoms with Crippen molar-refractivity contribution in [3.63, 3.8) is 0 Å². The van der Waals surface area contributed by atoms with Crippen molar-refractivity contribution in [3.8, 4) is 0 Å². The SMILES string of the molecule is CCNCCC(=O)NC(C)c1c(F)cccc1F. The van der Waals surface area contributed by atoms with Gasteiger partial charge in [-0.2, -0.15) is 0 Å². The summed E-state index contributed by atoms with van der Waals surface area (Å²) in [6, 6.07) is 2.98. The molecular formula is C13H18F2N2O. The lowest BCUT2D eigenvalue weighted by molar-refractivity contribution is -0.121. The third-order valence-electron chi connectivity index (χ3n) is 2.59. The second-order valence-corrected chi connectivity index (χ2v) is 4.03. The van der Waals surface area contributed by atoms with Crippen LogP contribution in [0.2, 0.25) is 0 Å². The summed E-state index contributed by atoms with van der Waals surface area (Å²) in [6.45, 7) is 4.83. The summed E-state index contributed by atoms with van der Waals surface area (Å²) in [4.78, 5) is 11.5. The fourth-order valence-corrected chi connectivity index (χ4v) is 1.69. The molecule has 1 aromatic carbocycles. The molecule has 0 saturated heterocycles. The number of hydrogen-bond donors (Lipinski definition) is 2. The van der Waals surface area contributed by atoms with E-state index in [2.05, 4.69) is 10.6 Å². The summed E-state index contributed by atoms with van der Waals surface area (Å²) in [5.74, 6) is -1.52. The van der Waals surface area contributed by atoms with Gasteiger partial charge in [0.25, 0.3) is 0 Å². The third-order valence-corrected chi connectivity index (χ3v) is 2.59. The molecule has 1 aromatic rings. The van der Waals surface area contributed by atoms with Gasteiger partial charge in [-0.1, -0.05) is 13.0 Å². The van der Waals surface area contributed by atoms with Gasteiger partial charge in [0.05, 0.1) is 6.04 Å². The molecule has 1 unspecified atom stereocenters. The first-order valence-electron chi connectivity index (χ1n) is 6.00. The molecule has 0 heterocycles. The van der Waals surface area contributed by atoms with Crippen LogP contribution in [0.5, 0.6) is 0 Å². The van der Waals surface area contributed by atoms with Crippen LogP contribution >= 0.6 is 0 Å². The van der Waals surface area contributed by atoms with Crippen LogP contribution in [0.15, 0.2) is 18.2 Å². The minimum Gasteiger partial charge on any atom is -0.349 e. The lowest BCUT2D eigenvalue weighted by Crippen LogP contribution is -2.30. The van der Waals surface area contributed by atoms with E-state index in [0.29, 0.717) is 6.54 Å². The summed E-state index contributed by atoms with van der Waals surface area (Å²) >= 11 is 0. The van der Waals surface area contributed by atoms with E-state index >= 15 is 0 Å². The number of carbonyl (C=O) groups is 1. The zero-order valence-electron chi connectivity index (χ0n) is 10.6. The predicted molar refractivity (Wildman–Crippen MR) is 66.1 cm³/mol. The Kier molecular flexibility index (Phi) is 5.71. The van der Waals surface area contributed by atoms with Gasteiger partial charge >= 0.3 is 0 Å². The summed E-state index contributed by atoms with van der Waals surface area (Å²) in [6.07, 6.45) is 0.286. The van der Waals surface area contributed by atoms with Crippen LogP contribution in [0, 0.1) is 11.6 Å². The van der Waals surface area contributed by atoms with E-state index in [1.807, 2.05) is 6.92 Å². The molecule has 1 atom stereocenters. The zero-order chi connectivity index (χ0) is 13.5. The maximum Gasteiger partial charge on any atom is 0.221 e. The van der Waals surface area contributed by atoms with Gasteiger partial charge in [0.15, 0.2) is 0 Å². The van der Waals surface area contributed by atoms with E-state index < -0.39 is 17.7 Å². The van der Waals surface area contributed by atoms with Crippen LogP contribution in [-0.2, 0) is 4.79 Å². The fourth-order valence-electron chi connectivity index (χ4n) is 1.69. The van der Waals surface area contributed by atoms with Crippen molar-refractivity contribution in [2.24, 2.45) is 0 Å². The van der Waals surface area contributed by atoms with Crippen molar-refractivity contribution >= 4 is 5.91 Å². The number of amides is 1. The minimum absolute atomic E-state index is 0.102. The van der Waals surface area contributed by atoms with Gasteiger partial charge in [0.2, 0.25) is 5.91 Å². The Morgan fingerprint density at radius 1 is 1.33 bits per heavy atom. The maximum atomic E-state index is 13.5. The van der Waals surface area contributed by atoms with E-state index in [4.69, 9.17) is 0 Å². The molecule has 0 aromatic heterocycles. The molecule has 0 saturated carbocycles. The third kappa shape index (κ3) is 4.07. The van der Waals surface area contributed by atoms with Gasteiger partial charge in [-0.15, -0.1) is 0 Å². The van der Waals surface area contributed by atoms with Gasteiger partial charge < -0.3 is 10.6 Å². The van der Waals surface area contributed by atoms with Crippen molar-refractivity contribution in [2.75, 3.05) is 13.1 Å². The van der Waals surface area contributed by atoms with E-state index in [9.17, 15) is 13.6 Å². The second-order valence-electron chi connectivity index (χ2n) is 4.03. The van der Waals surface area contributed by atoms with Crippen molar-refractivity contribution in [3.05, 3.63) is 35.4 Å². The zero-order valence-corrected chi connectivity index (χ0v) is 10.6. The highest BCUT2D eigenvalue weighted by Crippen LogP contribution is 2.20. The highest BCUT2D eigenvalue weighted by Gasteiger charge is 2.17. The van der Waals surface area contributed by atoms with E-state index in [-0.39, 0.29) is 17.9 Å². The predicted octanol–water partition coefficient (Wildman–Crippen LogP) is 2.14. The molecule has 1 amide bonds. The van der Waals surface area contributed by atoms with Gasteiger partial charge in [-0.25, -0.2) is 8.78 Å². The lowest BCUT2D eigenvalue weighted by Gasteiger charge is -2.15. The van der Waals surface area contributed by atoms with Crippen molar-refractivity contribution < 1.29 is 13.6 Å². The van der Waals surface area contributed by atoms with Crippen LogP contribution < -0.4 is 10.6 Å². The molecule has 0 fully saturated rings. The number of benzene rings is 1. The number of halogens is 2. The average Bonchev–Trinajstić information content (AvgIpc) is 2.29. The van der Waals surface area contributed by atoms with Gasteiger partial charge in [0.1, 0.15) is 11.6 Å². The molecule has 3 nitrogen and oxygen atoms in total. The number of carbonyl (C=O) groups excluding carboxylic acids is 1. The fraction of sp³-hybridized carbons (Fsp3) is 0.462. The van der Waals surface area contributed by atoms with Crippen LogP contribution in [0.4, 0.5) is 8.78 Å². The number of rotatable bonds is 6. The van der Waals surface area contributed by atoms with E-state index in [1.165, 1.54) is 18.2 Å². The van der Waals surface area contributed by atoms with Crippen LogP contribution in [-0.4, -0.2) is 19.0 Å². The van der Waals surface area contributed by atoms with E-state index in [1.54, 1.807) is 6.92 Å². The maximum absolute atomic E-state index is 13.5. The minimum atomic E-state index is -0.680. The van der Waals surface area contributed by atoms with Gasteiger partial charge in [0, 0.05) is 18.5 Å². The summed E-state index contributed by atoms with van der Waals surface area (Å²) < 4.78 is 26.9. The van der Waals surface area contributed by atoms with Crippen molar-refractivity contribution in [1.82, 2.24) is 10.6 Å². The van der Waals surface area contributed by atoms with E-state index in [0.717, 1.165) is 6.54 Å². The molecule has 0 radical (unpaired) electrons. The van der Waals surface area contributed by atoms with Crippen LogP contribution in [0.1, 0.15) is 31.9 Å². The molecular weight excluding hydrogens is 238 g/mol. The monoisotopic (exact) mass is 256 g/mol. The summed E-state index contributed by atoms with van der Waals surface area (Å²) in [7, 11) is 0. The normalized spacial score (nSPS) is 12.2. The molecule has 0 bridgehead atoms. The Labute approximate surface area is 106 Å². The van der Waals surface area contributed by atoms with Crippen LogP contribution in [0.25, 0.3) is 0 Å². The molecule has 1 rings (SSSR count). The Morgan fingerprint density at radius 2 is 1.94 bits per heavy atom. The highest BCUT2D eigenvalue weighted by atomic mass is 19.1. The smallest absolute Gasteiger partial charge is 0.221 e. The lowest BCUT2D eigenvalue weighted by atomic mass is 10.1. The summed E-state index contributed by atoms with van der Waals surface area (Å²) in [5, 5.41) is 5.58. The van der Waals surface area contributed by atoms with Gasteiger partial charge in [-0.05, 0) is 25.6 Å². The van der Waals surface area contributed by atoms with Crippen molar-refractivity contribution in [1.29, 1.82) is 0 Å². The molecule has 0 aliphatic carbocycles. The second kappa shape index (κ2) is 7.06.